The first-order valence-electron chi connectivity index (χ1n) is 0. The van der Waals surface area contributed by atoms with Gasteiger partial charge in [-0.3, -0.25) is 18.8 Å². The third kappa shape index (κ3) is 87.2. The Labute approximate surface area is 59.5 Å². The normalized spacial score (nSPS) is 0. The van der Waals surface area contributed by atoms with Crippen molar-refractivity contribution < 1.29 is 18.8 Å². The van der Waals surface area contributed by atoms with Crippen molar-refractivity contribution in [1.29, 1.82) is 0 Å². The molecule has 4 radical (unpaired) electrons. The fourth-order valence-corrected chi connectivity index (χ4v) is 0. The van der Waals surface area contributed by atoms with E-state index in [2.05, 4.69) is 0 Å². The molecule has 0 aromatic carbocycles. The first-order chi connectivity index (χ1) is 0. The molecular formula is H5F4NaSi. The van der Waals surface area contributed by atoms with Crippen LogP contribution in [-0.2, 0) is 0 Å². The van der Waals surface area contributed by atoms with E-state index in [0.29, 0.717) is 0 Å². The van der Waals surface area contributed by atoms with E-state index in [0.717, 1.165) is 0 Å². The van der Waals surface area contributed by atoms with Crippen LogP contribution >= 0.6 is 0 Å². The molecule has 0 rings (SSSR count). The van der Waals surface area contributed by atoms with Crippen molar-refractivity contribution in [3.63, 3.8) is 0 Å². The minimum atomic E-state index is 0. The molecule has 38 valence electrons. The molecule has 6 heavy (non-hydrogen) atoms. The summed E-state index contributed by atoms with van der Waals surface area (Å²) in [7, 11) is 0. The van der Waals surface area contributed by atoms with Gasteiger partial charge in [0.2, 0.25) is 0 Å². The van der Waals surface area contributed by atoms with Crippen molar-refractivity contribution in [3.05, 3.63) is 0 Å². The number of halogens is 4. The Balaban J connectivity index is 0. The van der Waals surface area contributed by atoms with Gasteiger partial charge in [0, 0.05) is 11.0 Å². The van der Waals surface area contributed by atoms with Gasteiger partial charge in [-0.1, -0.05) is 0 Å². The molecule has 0 aromatic rings. The second kappa shape index (κ2) is 165. The fraction of sp³-hybridized carbons (Fsp3) is 0. The van der Waals surface area contributed by atoms with Gasteiger partial charge in [0.25, 0.3) is 0 Å². The molecule has 0 saturated carbocycles. The first kappa shape index (κ1) is 279. The summed E-state index contributed by atoms with van der Waals surface area (Å²) in [5, 5.41) is 0. The van der Waals surface area contributed by atoms with Gasteiger partial charge < -0.3 is 0 Å². The molecule has 0 spiro atoms. The Morgan fingerprint density at radius 3 is 0.500 bits per heavy atom. The Morgan fingerprint density at radius 2 is 0.500 bits per heavy atom. The van der Waals surface area contributed by atoms with Crippen LogP contribution in [0.5, 0.6) is 0 Å². The quantitative estimate of drug-likeness (QED) is 0.310. The molecule has 0 atom stereocenters. The number of rotatable bonds is 0. The molecule has 0 aliphatic rings. The van der Waals surface area contributed by atoms with E-state index in [4.69, 9.17) is 0 Å². The molecular weight excluding hydrogens is 127 g/mol. The van der Waals surface area contributed by atoms with Gasteiger partial charge >= 0.3 is 29.6 Å². The number of hydrogen-bond acceptors (Lipinski definition) is 0. The summed E-state index contributed by atoms with van der Waals surface area (Å²) in [6.07, 6.45) is 0. The van der Waals surface area contributed by atoms with Crippen molar-refractivity contribution in [3.8, 4) is 0 Å². The predicted octanol–water partition coefficient (Wildman–Crippen LogP) is -0.419. The predicted molar refractivity (Wildman–Crippen MR) is 22.9 cm³/mol. The van der Waals surface area contributed by atoms with E-state index in [9.17, 15) is 0 Å². The second-order valence-corrected chi connectivity index (χ2v) is 0. The van der Waals surface area contributed by atoms with Crippen molar-refractivity contribution >= 4 is 40.5 Å². The molecule has 0 nitrogen and oxygen atoms in total. The zero-order chi connectivity index (χ0) is 0. The molecule has 0 aliphatic heterocycles. The zero-order valence-corrected chi connectivity index (χ0v) is 3.13. The summed E-state index contributed by atoms with van der Waals surface area (Å²) in [5.74, 6) is 0. The van der Waals surface area contributed by atoms with E-state index >= 15 is 0 Å². The van der Waals surface area contributed by atoms with Gasteiger partial charge in [-0.2, -0.15) is 0 Å². The monoisotopic (exact) mass is 132 g/mol. The molecule has 0 unspecified atom stereocenters. The average Bonchev–Trinajstić information content (AvgIpc) is 0. The molecule has 0 bridgehead atoms. The Hall–Kier alpha value is 0.937. The average molecular weight is 132 g/mol. The van der Waals surface area contributed by atoms with Crippen LogP contribution in [0.15, 0.2) is 0 Å². The van der Waals surface area contributed by atoms with E-state index in [-0.39, 0.29) is 59.3 Å². The van der Waals surface area contributed by atoms with E-state index in [1.807, 2.05) is 0 Å². The van der Waals surface area contributed by atoms with Crippen LogP contribution in [0.3, 0.4) is 0 Å². The van der Waals surface area contributed by atoms with E-state index < -0.39 is 0 Å². The largest absolute Gasteiger partial charge is 0 e. The molecule has 0 amide bonds. The molecule has 0 saturated heterocycles. The van der Waals surface area contributed by atoms with Crippen LogP contribution < -0.4 is 0 Å². The van der Waals surface area contributed by atoms with Gasteiger partial charge in [-0.05, 0) is 0 Å². The summed E-state index contributed by atoms with van der Waals surface area (Å²) >= 11 is 0. The molecule has 6 heteroatoms. The smallest absolute Gasteiger partial charge is 0 e. The number of hydrogen-bond donors (Lipinski definition) is 0. The van der Waals surface area contributed by atoms with Crippen LogP contribution in [0.4, 0.5) is 18.8 Å². The molecule has 0 fully saturated rings. The topological polar surface area (TPSA) is 0 Å². The molecule has 0 aromatic heterocycles. The van der Waals surface area contributed by atoms with Crippen LogP contribution in [0.2, 0.25) is 0 Å². The Kier molecular flexibility index (Phi) is 7650. The fourth-order valence-electron chi connectivity index (χ4n) is 0. The zero-order valence-electron chi connectivity index (χ0n) is 2.13. The molecule has 0 N–H and O–H groups in total. The second-order valence-electron chi connectivity index (χ2n) is 0. The van der Waals surface area contributed by atoms with E-state index in [1.54, 1.807) is 0 Å². The first-order valence-corrected chi connectivity index (χ1v) is 0. The Morgan fingerprint density at radius 1 is 0.500 bits per heavy atom. The maximum Gasteiger partial charge on any atom is 0 e. The third-order valence-electron chi connectivity index (χ3n) is 0. The Bertz CT molecular complexity index is 7.51. The van der Waals surface area contributed by atoms with Crippen LogP contribution in [0.1, 0.15) is 0 Å². The van der Waals surface area contributed by atoms with Crippen molar-refractivity contribution in [2.45, 2.75) is 0 Å². The minimum Gasteiger partial charge on any atom is 0 e. The standard InChI is InChI=1S/4FH.Na.Si.H/h4*1H;;;. The van der Waals surface area contributed by atoms with Crippen LogP contribution in [0.25, 0.3) is 0 Å². The summed E-state index contributed by atoms with van der Waals surface area (Å²) in [6.45, 7) is 0. The summed E-state index contributed by atoms with van der Waals surface area (Å²) < 4.78 is 0. The van der Waals surface area contributed by atoms with Crippen molar-refractivity contribution in [2.24, 2.45) is 0 Å². The van der Waals surface area contributed by atoms with Gasteiger partial charge in [0.15, 0.2) is 0 Å². The summed E-state index contributed by atoms with van der Waals surface area (Å²) in [4.78, 5) is 0. The van der Waals surface area contributed by atoms with Crippen molar-refractivity contribution in [1.82, 2.24) is 0 Å². The third-order valence-corrected chi connectivity index (χ3v) is 0. The molecule has 0 aliphatic carbocycles. The van der Waals surface area contributed by atoms with Crippen molar-refractivity contribution in [2.75, 3.05) is 0 Å². The maximum absolute atomic E-state index is 0. The van der Waals surface area contributed by atoms with E-state index in [1.165, 1.54) is 0 Å². The summed E-state index contributed by atoms with van der Waals surface area (Å²) in [6, 6.07) is 0. The van der Waals surface area contributed by atoms with Gasteiger partial charge in [-0.15, -0.1) is 0 Å². The van der Waals surface area contributed by atoms with Gasteiger partial charge in [0.05, 0.1) is 0 Å². The van der Waals surface area contributed by atoms with Crippen LogP contribution in [0, 0.1) is 0 Å². The van der Waals surface area contributed by atoms with Crippen LogP contribution in [-0.4, -0.2) is 40.5 Å². The molecule has 0 heterocycles. The SMILES string of the molecule is F.F.F.F.[NaH].[Si]. The maximum atomic E-state index is 0. The van der Waals surface area contributed by atoms with Gasteiger partial charge in [-0.25, -0.2) is 0 Å². The minimum absolute atomic E-state index is 0. The summed E-state index contributed by atoms with van der Waals surface area (Å²) in [5.41, 5.74) is 0. The van der Waals surface area contributed by atoms with Gasteiger partial charge in [0.1, 0.15) is 0 Å².